The highest BCUT2D eigenvalue weighted by molar-refractivity contribution is 6.02. The quantitative estimate of drug-likeness (QED) is 0.121. The number of para-hydroxylation sites is 1. The maximum atomic E-state index is 14.7. The minimum absolute atomic E-state index is 0.0691. The predicted octanol–water partition coefficient (Wildman–Crippen LogP) is 7.19. The van der Waals surface area contributed by atoms with Gasteiger partial charge in [0.15, 0.2) is 5.78 Å². The van der Waals surface area contributed by atoms with Crippen molar-refractivity contribution in [2.75, 3.05) is 0 Å². The fourth-order valence-electron chi connectivity index (χ4n) is 6.47. The fraction of sp³-hybridized carbons (Fsp3) is 0.289. The van der Waals surface area contributed by atoms with Gasteiger partial charge < -0.3 is 10.2 Å². The Kier molecular flexibility index (Phi) is 9.46. The molecule has 0 aliphatic carbocycles. The van der Waals surface area contributed by atoms with Crippen LogP contribution in [0.3, 0.4) is 0 Å². The molecule has 0 saturated carbocycles. The van der Waals surface area contributed by atoms with Gasteiger partial charge in [-0.05, 0) is 23.5 Å². The third kappa shape index (κ3) is 6.91. The molecule has 0 radical (unpaired) electrons. The second-order valence-corrected chi connectivity index (χ2v) is 13.1. The first-order chi connectivity index (χ1) is 22.0. The van der Waals surface area contributed by atoms with E-state index in [-0.39, 0.29) is 35.9 Å². The maximum Gasteiger partial charge on any atom is 0.274 e. The number of carbonyl (C=O) groups excluding carboxylic acids is 3. The van der Waals surface area contributed by atoms with E-state index in [4.69, 9.17) is 0 Å². The van der Waals surface area contributed by atoms with Crippen molar-refractivity contribution in [1.29, 1.82) is 0 Å². The van der Waals surface area contributed by atoms with Crippen molar-refractivity contribution in [1.82, 2.24) is 10.2 Å². The fourth-order valence-corrected chi connectivity index (χ4v) is 6.47. The molecule has 1 saturated heterocycles. The van der Waals surface area contributed by atoms with Crippen molar-refractivity contribution in [3.63, 3.8) is 0 Å². The molecule has 1 N–H and O–H groups in total. The number of nitrogens with zero attached hydrogens (tertiary/aromatic N) is 2. The number of likely N-dealkylation sites (tertiary alicyclic amines) is 1. The summed E-state index contributed by atoms with van der Waals surface area (Å²) in [7, 11) is 0. The Morgan fingerprint density at radius 1 is 0.826 bits per heavy atom. The lowest BCUT2D eigenvalue weighted by atomic mass is 9.75. The van der Waals surface area contributed by atoms with Gasteiger partial charge in [0.05, 0.1) is 22.4 Å². The summed E-state index contributed by atoms with van der Waals surface area (Å²) in [5.41, 5.74) is 2.62. The Bertz CT molecular complexity index is 1710. The van der Waals surface area contributed by atoms with Gasteiger partial charge in [0.2, 0.25) is 11.8 Å². The first-order valence-corrected chi connectivity index (χ1v) is 15.5. The van der Waals surface area contributed by atoms with Crippen LogP contribution in [0, 0.1) is 28.4 Å². The average Bonchev–Trinajstić information content (AvgIpc) is 3.40. The van der Waals surface area contributed by atoms with E-state index >= 15 is 0 Å². The topological polar surface area (TPSA) is 110 Å². The van der Waals surface area contributed by atoms with E-state index in [1.165, 1.54) is 11.0 Å². The van der Waals surface area contributed by atoms with Gasteiger partial charge in [0, 0.05) is 30.5 Å². The van der Waals surface area contributed by atoms with Crippen LogP contribution in [-0.4, -0.2) is 33.5 Å². The number of benzene rings is 4. The molecule has 0 aromatic heterocycles. The van der Waals surface area contributed by atoms with Crippen LogP contribution < -0.4 is 5.32 Å². The van der Waals surface area contributed by atoms with Gasteiger partial charge in [-0.1, -0.05) is 129 Å². The zero-order valence-electron chi connectivity index (χ0n) is 26.6. The van der Waals surface area contributed by atoms with Crippen molar-refractivity contribution in [2.45, 2.75) is 58.7 Å². The Hall–Kier alpha value is -5.11. The molecular weight excluding hydrogens is 578 g/mol. The summed E-state index contributed by atoms with van der Waals surface area (Å²) < 4.78 is 0. The summed E-state index contributed by atoms with van der Waals surface area (Å²) in [5.74, 6) is -2.86. The highest BCUT2D eigenvalue weighted by atomic mass is 16.6. The molecule has 2 amide bonds. The van der Waals surface area contributed by atoms with Gasteiger partial charge in [-0.2, -0.15) is 0 Å². The largest absolute Gasteiger partial charge is 0.350 e. The molecule has 1 aliphatic rings. The van der Waals surface area contributed by atoms with E-state index in [0.717, 1.165) is 11.1 Å². The number of amides is 2. The first kappa shape index (κ1) is 32.3. The van der Waals surface area contributed by atoms with E-state index in [9.17, 15) is 24.5 Å². The molecule has 5 rings (SSSR count). The SMILES string of the molecule is Cc1ccc(CNC(=O)C2C(c3ccccc3)C(C(=O)c3ccccc3)C(c3ccccc3[N+](=O)[O-])N2C(=O)CC(C)(C)C)cc1. The Balaban J connectivity index is 1.74. The van der Waals surface area contributed by atoms with Crippen LogP contribution in [0.2, 0.25) is 0 Å². The third-order valence-electron chi connectivity index (χ3n) is 8.49. The number of nitrogens with one attached hydrogen (secondary N) is 1. The molecule has 4 aromatic rings. The normalized spacial score (nSPS) is 19.4. The molecule has 8 heteroatoms. The lowest BCUT2D eigenvalue weighted by Gasteiger charge is -2.33. The van der Waals surface area contributed by atoms with E-state index in [0.29, 0.717) is 11.1 Å². The van der Waals surface area contributed by atoms with Gasteiger partial charge in [-0.15, -0.1) is 0 Å². The number of ketones is 1. The molecule has 8 nitrogen and oxygen atoms in total. The summed E-state index contributed by atoms with van der Waals surface area (Å²) in [5, 5.41) is 15.5. The molecule has 0 bridgehead atoms. The average molecular weight is 618 g/mol. The lowest BCUT2D eigenvalue weighted by Crippen LogP contribution is -2.49. The van der Waals surface area contributed by atoms with Crippen molar-refractivity contribution in [3.05, 3.63) is 147 Å². The summed E-state index contributed by atoms with van der Waals surface area (Å²) in [4.78, 5) is 57.1. The molecule has 1 aliphatic heterocycles. The van der Waals surface area contributed by atoms with Crippen LogP contribution in [-0.2, 0) is 16.1 Å². The lowest BCUT2D eigenvalue weighted by molar-refractivity contribution is -0.386. The predicted molar refractivity (Wildman–Crippen MR) is 177 cm³/mol. The zero-order valence-corrected chi connectivity index (χ0v) is 26.6. The second-order valence-electron chi connectivity index (χ2n) is 13.1. The number of nitro benzene ring substituents is 1. The molecule has 46 heavy (non-hydrogen) atoms. The molecule has 4 aromatic carbocycles. The summed E-state index contributed by atoms with van der Waals surface area (Å²) in [6.07, 6.45) is 0.0691. The van der Waals surface area contributed by atoms with Gasteiger partial charge in [-0.3, -0.25) is 24.5 Å². The van der Waals surface area contributed by atoms with E-state index in [1.807, 2.05) is 82.3 Å². The zero-order chi connectivity index (χ0) is 33.0. The highest BCUT2D eigenvalue weighted by Crippen LogP contribution is 2.53. The van der Waals surface area contributed by atoms with Crippen molar-refractivity contribution < 1.29 is 19.3 Å². The van der Waals surface area contributed by atoms with Crippen LogP contribution in [0.15, 0.2) is 109 Å². The van der Waals surface area contributed by atoms with Crippen molar-refractivity contribution in [3.8, 4) is 0 Å². The number of Topliss-reactive ketones (excluding diaryl/α,β-unsaturated/α-hetero) is 1. The number of carbonyl (C=O) groups is 3. The van der Waals surface area contributed by atoms with Gasteiger partial charge >= 0.3 is 0 Å². The summed E-state index contributed by atoms with van der Waals surface area (Å²) in [6.45, 7) is 7.97. The van der Waals surface area contributed by atoms with Crippen molar-refractivity contribution >= 4 is 23.3 Å². The molecular formula is C38H39N3O5. The number of aryl methyl sites for hydroxylation is 1. The molecule has 0 spiro atoms. The van der Waals surface area contributed by atoms with E-state index < -0.39 is 40.2 Å². The number of hydrogen-bond donors (Lipinski definition) is 1. The second kappa shape index (κ2) is 13.5. The minimum atomic E-state index is -1.12. The van der Waals surface area contributed by atoms with Gasteiger partial charge in [0.25, 0.3) is 5.69 Å². The molecule has 1 heterocycles. The Morgan fingerprint density at radius 3 is 2.02 bits per heavy atom. The smallest absolute Gasteiger partial charge is 0.274 e. The molecule has 1 fully saturated rings. The monoisotopic (exact) mass is 617 g/mol. The van der Waals surface area contributed by atoms with Crippen molar-refractivity contribution in [2.24, 2.45) is 11.3 Å². The number of nitro groups is 1. The minimum Gasteiger partial charge on any atom is -0.350 e. The number of hydrogen-bond acceptors (Lipinski definition) is 5. The first-order valence-electron chi connectivity index (χ1n) is 15.5. The van der Waals surface area contributed by atoms with Gasteiger partial charge in [0.1, 0.15) is 6.04 Å². The molecule has 236 valence electrons. The van der Waals surface area contributed by atoms with E-state index in [1.54, 1.807) is 48.5 Å². The molecule has 4 atom stereocenters. The van der Waals surface area contributed by atoms with Crippen LogP contribution in [0.25, 0.3) is 0 Å². The van der Waals surface area contributed by atoms with Gasteiger partial charge in [-0.25, -0.2) is 0 Å². The Morgan fingerprint density at radius 2 is 1.41 bits per heavy atom. The number of rotatable bonds is 9. The summed E-state index contributed by atoms with van der Waals surface area (Å²) >= 11 is 0. The van der Waals surface area contributed by atoms with Crippen LogP contribution >= 0.6 is 0 Å². The highest BCUT2D eigenvalue weighted by Gasteiger charge is 2.58. The third-order valence-corrected chi connectivity index (χ3v) is 8.49. The van der Waals surface area contributed by atoms with Crippen LogP contribution in [0.1, 0.15) is 71.8 Å². The standard InChI is InChI=1S/C38H39N3O5/c1-25-19-21-26(22-20-25)24-39-37(44)35-32(27-13-7-5-8-14-27)33(36(43)28-15-9-6-10-16-28)34(40(35)31(42)23-38(2,3)4)29-17-11-12-18-30(29)41(45)46/h5-22,32-35H,23-24H2,1-4H3,(H,39,44). The maximum absolute atomic E-state index is 14.7. The Labute approximate surface area is 269 Å². The van der Waals surface area contributed by atoms with Crippen LogP contribution in [0.4, 0.5) is 5.69 Å². The molecule has 4 unspecified atom stereocenters. The van der Waals surface area contributed by atoms with E-state index in [2.05, 4.69) is 5.32 Å². The van der Waals surface area contributed by atoms with Crippen LogP contribution in [0.5, 0.6) is 0 Å². The summed E-state index contributed by atoms with van der Waals surface area (Å²) in [6, 6.07) is 29.7.